The van der Waals surface area contributed by atoms with Gasteiger partial charge in [0, 0.05) is 20.2 Å². The van der Waals surface area contributed by atoms with Crippen LogP contribution in [-0.2, 0) is 20.9 Å². The zero-order chi connectivity index (χ0) is 27.0. The van der Waals surface area contributed by atoms with Crippen molar-refractivity contribution in [3.05, 3.63) is 60.2 Å². The first kappa shape index (κ1) is 30.4. The summed E-state index contributed by atoms with van der Waals surface area (Å²) in [5, 5.41) is 3.14. The lowest BCUT2D eigenvalue weighted by molar-refractivity contribution is -0.153. The van der Waals surface area contributed by atoms with Gasteiger partial charge in [0.2, 0.25) is 11.8 Å². The molecular formula is C32H44ClN3O4. The first-order chi connectivity index (χ1) is 19.1. The number of hydrogen-bond donors (Lipinski definition) is 1. The zero-order valence-electron chi connectivity index (χ0n) is 23.6. The van der Waals surface area contributed by atoms with Crippen LogP contribution >= 0.6 is 12.4 Å². The van der Waals surface area contributed by atoms with Crippen LogP contribution in [0, 0.1) is 11.8 Å². The summed E-state index contributed by atoms with van der Waals surface area (Å²) in [6.07, 6.45) is 8.67. The number of likely N-dealkylation sites (tertiary alicyclic amines) is 1. The van der Waals surface area contributed by atoms with Crippen molar-refractivity contribution in [2.24, 2.45) is 11.8 Å². The molecule has 8 heteroatoms. The Morgan fingerprint density at radius 3 is 2.23 bits per heavy atom. The van der Waals surface area contributed by atoms with E-state index in [-0.39, 0.29) is 36.2 Å². The molecule has 2 aromatic rings. The first-order valence-electron chi connectivity index (χ1n) is 14.7. The quantitative estimate of drug-likeness (QED) is 0.413. The molecule has 1 unspecified atom stereocenters. The number of carbonyl (C=O) groups is 2. The molecule has 40 heavy (non-hydrogen) atoms. The van der Waals surface area contributed by atoms with E-state index in [0.717, 1.165) is 50.4 Å². The Balaban J connectivity index is 0.00000370. The molecule has 0 radical (unpaired) electrons. The van der Waals surface area contributed by atoms with Gasteiger partial charge in [-0.2, -0.15) is 0 Å². The largest absolute Gasteiger partial charge is 0.457 e. The minimum absolute atomic E-state index is 0. The van der Waals surface area contributed by atoms with Crippen LogP contribution in [0.5, 0.6) is 11.5 Å². The Bertz CT molecular complexity index is 1070. The van der Waals surface area contributed by atoms with E-state index in [0.29, 0.717) is 19.1 Å². The molecule has 1 aliphatic carbocycles. The van der Waals surface area contributed by atoms with Gasteiger partial charge in [0.05, 0.1) is 6.61 Å². The zero-order valence-corrected chi connectivity index (χ0v) is 24.5. The summed E-state index contributed by atoms with van der Waals surface area (Å²) in [5.41, 5.74) is 1.24. The van der Waals surface area contributed by atoms with Gasteiger partial charge in [0.1, 0.15) is 23.6 Å². The number of piperidine rings is 1. The summed E-state index contributed by atoms with van der Waals surface area (Å²) in [4.78, 5) is 31.3. The van der Waals surface area contributed by atoms with Crippen LogP contribution in [0.1, 0.15) is 56.9 Å². The maximum atomic E-state index is 13.6. The predicted molar refractivity (Wildman–Crippen MR) is 159 cm³/mol. The molecule has 2 saturated heterocycles. The second-order valence-electron chi connectivity index (χ2n) is 11.4. The number of para-hydroxylation sites is 1. The van der Waals surface area contributed by atoms with Crippen LogP contribution < -0.4 is 10.1 Å². The average molecular weight is 570 g/mol. The van der Waals surface area contributed by atoms with Crippen LogP contribution in [0.15, 0.2) is 54.6 Å². The molecule has 2 heterocycles. The fraction of sp³-hybridized carbons (Fsp3) is 0.562. The molecule has 1 saturated carbocycles. The van der Waals surface area contributed by atoms with Crippen LogP contribution in [0.25, 0.3) is 0 Å². The molecule has 3 fully saturated rings. The standard InChI is InChI=1S/C32H43N3O4.ClH/c1-38-21-20-35-30(31(36)33-29(32(35)37)22-24-8-4-2-5-9-24)26-16-18-34(19-17-26)23-25-12-14-28(15-13-25)39-27-10-6-3-7-11-27;/h3,6-7,10-15,24,26,29-30H,2,4-5,8-9,16-23H2,1H3,(H,33,36);1H/t29-,30?;/m0./s1. The minimum atomic E-state index is -0.396. The van der Waals surface area contributed by atoms with Gasteiger partial charge in [-0.05, 0) is 74.0 Å². The number of halogens is 1. The topological polar surface area (TPSA) is 71.1 Å². The van der Waals surface area contributed by atoms with Crippen molar-refractivity contribution < 1.29 is 19.1 Å². The van der Waals surface area contributed by atoms with E-state index >= 15 is 0 Å². The third-order valence-corrected chi connectivity index (χ3v) is 8.72. The van der Waals surface area contributed by atoms with Gasteiger partial charge in [-0.15, -0.1) is 12.4 Å². The molecule has 0 spiro atoms. The lowest BCUT2D eigenvalue weighted by Gasteiger charge is -2.45. The van der Waals surface area contributed by atoms with Crippen LogP contribution in [-0.4, -0.2) is 67.0 Å². The molecular weight excluding hydrogens is 526 g/mol. The SMILES string of the molecule is COCCN1C(=O)[C@H](CC2CCCCC2)NC(=O)C1C1CCN(Cc2ccc(Oc3ccccc3)cc2)CC1.Cl. The Labute approximate surface area is 245 Å². The number of ether oxygens (including phenoxy) is 2. The van der Waals surface area contributed by atoms with Gasteiger partial charge in [-0.25, -0.2) is 0 Å². The summed E-state index contributed by atoms with van der Waals surface area (Å²) in [6.45, 7) is 3.62. The van der Waals surface area contributed by atoms with Crippen molar-refractivity contribution in [3.8, 4) is 11.5 Å². The highest BCUT2D eigenvalue weighted by molar-refractivity contribution is 5.97. The molecule has 218 valence electrons. The van der Waals surface area contributed by atoms with Crippen molar-refractivity contribution in [2.75, 3.05) is 33.4 Å². The van der Waals surface area contributed by atoms with E-state index < -0.39 is 6.04 Å². The Morgan fingerprint density at radius 2 is 1.55 bits per heavy atom. The maximum Gasteiger partial charge on any atom is 0.245 e. The molecule has 0 bridgehead atoms. The molecule has 3 aliphatic rings. The third kappa shape index (κ3) is 7.77. The predicted octanol–water partition coefficient (Wildman–Crippen LogP) is 5.43. The number of amides is 2. The van der Waals surface area contributed by atoms with Crippen molar-refractivity contribution >= 4 is 24.2 Å². The highest BCUT2D eigenvalue weighted by atomic mass is 35.5. The van der Waals surface area contributed by atoms with Crippen molar-refractivity contribution in [2.45, 2.75) is 70.0 Å². The number of hydrogen-bond acceptors (Lipinski definition) is 5. The minimum Gasteiger partial charge on any atom is -0.457 e. The number of rotatable bonds is 10. The normalized spacial score (nSPS) is 23.0. The van der Waals surface area contributed by atoms with Crippen molar-refractivity contribution in [3.63, 3.8) is 0 Å². The van der Waals surface area contributed by atoms with Crippen molar-refractivity contribution in [1.82, 2.24) is 15.1 Å². The van der Waals surface area contributed by atoms with Crippen LogP contribution in [0.4, 0.5) is 0 Å². The van der Waals surface area contributed by atoms with Gasteiger partial charge in [0.25, 0.3) is 0 Å². The smallest absolute Gasteiger partial charge is 0.245 e. The van der Waals surface area contributed by atoms with E-state index in [9.17, 15) is 9.59 Å². The molecule has 2 aliphatic heterocycles. The number of methoxy groups -OCH3 is 1. The van der Waals surface area contributed by atoms with Crippen LogP contribution in [0.3, 0.4) is 0 Å². The summed E-state index contributed by atoms with van der Waals surface area (Å²) in [6, 6.07) is 17.3. The van der Waals surface area contributed by atoms with E-state index in [1.165, 1.54) is 37.7 Å². The third-order valence-electron chi connectivity index (χ3n) is 8.72. The van der Waals surface area contributed by atoms with Gasteiger partial charge in [-0.3, -0.25) is 14.5 Å². The second-order valence-corrected chi connectivity index (χ2v) is 11.4. The van der Waals surface area contributed by atoms with Gasteiger partial charge < -0.3 is 19.7 Å². The highest BCUT2D eigenvalue weighted by Gasteiger charge is 2.45. The monoisotopic (exact) mass is 569 g/mol. The van der Waals surface area contributed by atoms with E-state index in [1.807, 2.05) is 47.4 Å². The fourth-order valence-electron chi connectivity index (χ4n) is 6.59. The average Bonchev–Trinajstić information content (AvgIpc) is 2.97. The maximum absolute atomic E-state index is 13.6. The molecule has 2 aromatic carbocycles. The van der Waals surface area contributed by atoms with Gasteiger partial charge in [0.15, 0.2) is 0 Å². The van der Waals surface area contributed by atoms with Crippen LogP contribution in [0.2, 0.25) is 0 Å². The first-order valence-corrected chi connectivity index (χ1v) is 14.7. The number of nitrogens with one attached hydrogen (secondary N) is 1. The van der Waals surface area contributed by atoms with Gasteiger partial charge in [-0.1, -0.05) is 62.4 Å². The summed E-state index contributed by atoms with van der Waals surface area (Å²) in [5.74, 6) is 2.48. The fourth-order valence-corrected chi connectivity index (χ4v) is 6.59. The molecule has 7 nitrogen and oxygen atoms in total. The number of nitrogens with zero attached hydrogens (tertiary/aromatic N) is 2. The molecule has 1 N–H and O–H groups in total. The molecule has 2 amide bonds. The van der Waals surface area contributed by atoms with E-state index in [1.54, 1.807) is 7.11 Å². The van der Waals surface area contributed by atoms with E-state index in [2.05, 4.69) is 22.3 Å². The summed E-state index contributed by atoms with van der Waals surface area (Å²) >= 11 is 0. The molecule has 5 rings (SSSR count). The van der Waals surface area contributed by atoms with Crippen molar-refractivity contribution in [1.29, 1.82) is 0 Å². The summed E-state index contributed by atoms with van der Waals surface area (Å²) < 4.78 is 11.2. The Hall–Kier alpha value is -2.61. The lowest BCUT2D eigenvalue weighted by atomic mass is 9.82. The van der Waals surface area contributed by atoms with E-state index in [4.69, 9.17) is 9.47 Å². The number of benzene rings is 2. The molecule has 0 aromatic heterocycles. The number of piperazine rings is 1. The second kappa shape index (κ2) is 14.9. The lowest BCUT2D eigenvalue weighted by Crippen LogP contribution is -2.66. The molecule has 2 atom stereocenters. The number of carbonyl (C=O) groups excluding carboxylic acids is 2. The Kier molecular flexibility index (Phi) is 11.3. The highest BCUT2D eigenvalue weighted by Crippen LogP contribution is 2.32. The summed E-state index contributed by atoms with van der Waals surface area (Å²) in [7, 11) is 1.65. The Morgan fingerprint density at radius 1 is 0.875 bits per heavy atom. The van der Waals surface area contributed by atoms with Gasteiger partial charge >= 0.3 is 0 Å².